The van der Waals surface area contributed by atoms with Crippen LogP contribution in [0.15, 0.2) is 107 Å². The van der Waals surface area contributed by atoms with E-state index < -0.39 is 5.72 Å². The molecule has 174 valence electrons. The summed E-state index contributed by atoms with van der Waals surface area (Å²) in [5, 5.41) is 0. The van der Waals surface area contributed by atoms with Crippen LogP contribution in [-0.2, 0) is 0 Å². The first-order valence-corrected chi connectivity index (χ1v) is 13.2. The van der Waals surface area contributed by atoms with Gasteiger partial charge in [-0.25, -0.2) is 0 Å². The minimum Gasteiger partial charge on any atom is -0.461 e. The van der Waals surface area contributed by atoms with Crippen molar-refractivity contribution in [1.29, 1.82) is 0 Å². The number of allylic oxidation sites excluding steroid dienone is 2. The van der Waals surface area contributed by atoms with Crippen LogP contribution in [0.2, 0.25) is 0 Å². The van der Waals surface area contributed by atoms with Crippen molar-refractivity contribution >= 4 is 17.8 Å². The average molecular weight is 458 g/mol. The van der Waals surface area contributed by atoms with E-state index >= 15 is 0 Å². The van der Waals surface area contributed by atoms with Crippen LogP contribution in [0.3, 0.4) is 0 Å². The van der Waals surface area contributed by atoms with Crippen molar-refractivity contribution in [2.45, 2.75) is 50.7 Å². The summed E-state index contributed by atoms with van der Waals surface area (Å²) in [6.45, 7) is 0. The van der Waals surface area contributed by atoms with Gasteiger partial charge in [0, 0.05) is 11.6 Å². The second-order valence-corrected chi connectivity index (χ2v) is 10.4. The molecular formula is C33H31NO. The average Bonchev–Trinajstić information content (AvgIpc) is 3.25. The molecule has 2 unspecified atom stereocenters. The van der Waals surface area contributed by atoms with E-state index in [1.807, 2.05) is 0 Å². The molecule has 0 N–H and O–H groups in total. The van der Waals surface area contributed by atoms with Gasteiger partial charge in [0.1, 0.15) is 5.75 Å². The van der Waals surface area contributed by atoms with Crippen LogP contribution in [0.4, 0.5) is 5.69 Å². The van der Waals surface area contributed by atoms with E-state index in [1.165, 1.54) is 59.3 Å². The van der Waals surface area contributed by atoms with Crippen LogP contribution in [0, 0.1) is 5.92 Å². The van der Waals surface area contributed by atoms with E-state index in [2.05, 4.69) is 102 Å². The number of hydrogen-bond acceptors (Lipinski definition) is 2. The van der Waals surface area contributed by atoms with E-state index in [0.29, 0.717) is 5.92 Å². The van der Waals surface area contributed by atoms with Crippen LogP contribution < -0.4 is 9.64 Å². The molecule has 2 heteroatoms. The number of rotatable bonds is 2. The molecule has 3 aromatic rings. The Labute approximate surface area is 208 Å². The smallest absolute Gasteiger partial charge is 0.213 e. The summed E-state index contributed by atoms with van der Waals surface area (Å²) in [5.74, 6) is 1.49. The SMILES string of the molecule is C(=C1CCCC2=C1N1c3ccccc3OC13C(=Cc1ccccc1)CCCC3C2)c1ccccc1. The molecular weight excluding hydrogens is 426 g/mol. The highest BCUT2D eigenvalue weighted by atomic mass is 16.5. The minimum atomic E-state index is -0.427. The van der Waals surface area contributed by atoms with Gasteiger partial charge in [-0.1, -0.05) is 72.8 Å². The molecule has 35 heavy (non-hydrogen) atoms. The lowest BCUT2D eigenvalue weighted by atomic mass is 9.68. The number of nitrogens with zero attached hydrogens (tertiary/aromatic N) is 1. The molecule has 2 heterocycles. The fourth-order valence-corrected chi connectivity index (χ4v) is 6.87. The zero-order chi connectivity index (χ0) is 23.2. The van der Waals surface area contributed by atoms with Crippen molar-refractivity contribution in [3.05, 3.63) is 118 Å². The van der Waals surface area contributed by atoms with Crippen molar-refractivity contribution in [2.75, 3.05) is 4.90 Å². The Bertz CT molecular complexity index is 1350. The predicted molar refractivity (Wildman–Crippen MR) is 144 cm³/mol. The van der Waals surface area contributed by atoms with E-state index in [0.717, 1.165) is 25.0 Å². The summed E-state index contributed by atoms with van der Waals surface area (Å²) in [6, 6.07) is 30.3. The van der Waals surface area contributed by atoms with E-state index in [9.17, 15) is 0 Å². The Hall–Kier alpha value is -3.52. The van der Waals surface area contributed by atoms with Crippen molar-refractivity contribution in [1.82, 2.24) is 0 Å². The highest BCUT2D eigenvalue weighted by Gasteiger charge is 2.59. The first kappa shape index (κ1) is 20.8. The Balaban J connectivity index is 1.45. The Morgan fingerprint density at radius 1 is 0.743 bits per heavy atom. The largest absolute Gasteiger partial charge is 0.461 e. The topological polar surface area (TPSA) is 12.5 Å². The monoisotopic (exact) mass is 457 g/mol. The van der Waals surface area contributed by atoms with Crippen molar-refractivity contribution < 1.29 is 4.74 Å². The first-order chi connectivity index (χ1) is 17.3. The van der Waals surface area contributed by atoms with Gasteiger partial charge in [0.15, 0.2) is 0 Å². The molecule has 1 spiro atoms. The fraction of sp³-hybridized carbons (Fsp3) is 0.273. The van der Waals surface area contributed by atoms with Crippen molar-refractivity contribution in [3.8, 4) is 5.75 Å². The van der Waals surface area contributed by atoms with Gasteiger partial charge in [0.25, 0.3) is 0 Å². The van der Waals surface area contributed by atoms with E-state index in [1.54, 1.807) is 5.57 Å². The maximum Gasteiger partial charge on any atom is 0.213 e. The van der Waals surface area contributed by atoms with Gasteiger partial charge in [0.2, 0.25) is 5.72 Å². The molecule has 1 fully saturated rings. The highest BCUT2D eigenvalue weighted by molar-refractivity contribution is 5.78. The molecule has 1 saturated carbocycles. The van der Waals surface area contributed by atoms with Crippen LogP contribution in [0.5, 0.6) is 5.75 Å². The Morgan fingerprint density at radius 3 is 2.26 bits per heavy atom. The number of benzene rings is 3. The second-order valence-electron chi connectivity index (χ2n) is 10.4. The molecule has 0 radical (unpaired) electrons. The molecule has 2 aliphatic heterocycles. The lowest BCUT2D eigenvalue weighted by molar-refractivity contribution is 0.0353. The summed E-state index contributed by atoms with van der Waals surface area (Å²) in [6.07, 6.45) is 13.1. The van der Waals surface area contributed by atoms with Crippen LogP contribution in [-0.4, -0.2) is 5.72 Å². The molecule has 7 rings (SSSR count). The molecule has 0 bridgehead atoms. The first-order valence-electron chi connectivity index (χ1n) is 13.2. The molecule has 4 aliphatic rings. The van der Waals surface area contributed by atoms with Crippen molar-refractivity contribution in [3.63, 3.8) is 0 Å². The molecule has 2 nitrogen and oxygen atoms in total. The number of para-hydroxylation sites is 2. The minimum absolute atomic E-state index is 0.427. The van der Waals surface area contributed by atoms with Gasteiger partial charge < -0.3 is 4.74 Å². The van der Waals surface area contributed by atoms with Gasteiger partial charge >= 0.3 is 0 Å². The van der Waals surface area contributed by atoms with Gasteiger partial charge in [-0.05, 0) is 97.1 Å². The third-order valence-electron chi connectivity index (χ3n) is 8.28. The third kappa shape index (κ3) is 3.31. The van der Waals surface area contributed by atoms with E-state index in [4.69, 9.17) is 4.74 Å². The highest BCUT2D eigenvalue weighted by Crippen LogP contribution is 2.61. The number of anilines is 1. The predicted octanol–water partition coefficient (Wildman–Crippen LogP) is 8.39. The molecule has 2 aliphatic carbocycles. The number of fused-ring (bicyclic) bond motifs is 3. The number of ether oxygens (including phenoxy) is 1. The van der Waals surface area contributed by atoms with Gasteiger partial charge in [-0.15, -0.1) is 0 Å². The Morgan fingerprint density at radius 2 is 1.46 bits per heavy atom. The molecule has 0 saturated heterocycles. The summed E-state index contributed by atoms with van der Waals surface area (Å²) in [7, 11) is 0. The molecule has 3 aromatic carbocycles. The summed E-state index contributed by atoms with van der Waals surface area (Å²) < 4.78 is 7.13. The molecule has 0 amide bonds. The summed E-state index contributed by atoms with van der Waals surface area (Å²) in [4.78, 5) is 2.63. The molecule has 2 atom stereocenters. The zero-order valence-electron chi connectivity index (χ0n) is 20.1. The zero-order valence-corrected chi connectivity index (χ0v) is 20.1. The fourth-order valence-electron chi connectivity index (χ4n) is 6.87. The summed E-state index contributed by atoms with van der Waals surface area (Å²) >= 11 is 0. The Kier molecular flexibility index (Phi) is 4.94. The lowest BCUT2D eigenvalue weighted by Crippen LogP contribution is -2.60. The van der Waals surface area contributed by atoms with Gasteiger partial charge in [-0.2, -0.15) is 0 Å². The second kappa shape index (κ2) is 8.30. The van der Waals surface area contributed by atoms with Gasteiger partial charge in [-0.3, -0.25) is 4.90 Å². The van der Waals surface area contributed by atoms with Crippen LogP contribution in [0.25, 0.3) is 12.2 Å². The number of hydrogen-bond donors (Lipinski definition) is 0. The maximum absolute atomic E-state index is 7.13. The van der Waals surface area contributed by atoms with E-state index in [-0.39, 0.29) is 0 Å². The lowest BCUT2D eigenvalue weighted by Gasteiger charge is -2.53. The normalized spacial score (nSPS) is 27.2. The molecule has 0 aromatic heterocycles. The van der Waals surface area contributed by atoms with Crippen LogP contribution in [0.1, 0.15) is 56.1 Å². The standard InChI is InChI=1S/C33H31NO/c1-3-11-24(12-4-1)21-26-15-9-16-27-23-29-18-10-17-28(22-25-13-5-2-6-14-25)33(29)34(32(26)27)30-19-7-8-20-31(30)35-33/h1-8,11-14,19-22,29H,9-10,15-18,23H2. The summed E-state index contributed by atoms with van der Waals surface area (Å²) in [5.41, 5.74) is 9.29. The van der Waals surface area contributed by atoms with Crippen molar-refractivity contribution in [2.24, 2.45) is 5.92 Å². The van der Waals surface area contributed by atoms with Crippen LogP contribution >= 0.6 is 0 Å². The third-order valence-corrected chi connectivity index (χ3v) is 8.28. The van der Waals surface area contributed by atoms with Gasteiger partial charge in [0.05, 0.1) is 5.69 Å². The quantitative estimate of drug-likeness (QED) is 0.383. The maximum atomic E-state index is 7.13.